The smallest absolute Gasteiger partial charge is 0.225 e. The largest absolute Gasteiger partial charge is 0.359 e. The van der Waals surface area contributed by atoms with Gasteiger partial charge in [0.25, 0.3) is 0 Å². The second-order valence-electron chi connectivity index (χ2n) is 3.44. The van der Waals surface area contributed by atoms with Crippen LogP contribution in [0.25, 0.3) is 0 Å². The van der Waals surface area contributed by atoms with E-state index in [2.05, 4.69) is 15.3 Å². The molecule has 6 heteroatoms. The second kappa shape index (κ2) is 6.02. The average molecular weight is 223 g/mol. The highest BCUT2D eigenvalue weighted by Gasteiger charge is 2.06. The van der Waals surface area contributed by atoms with Gasteiger partial charge < -0.3 is 16.0 Å². The maximum atomic E-state index is 11.1. The van der Waals surface area contributed by atoms with Gasteiger partial charge in [0.05, 0.1) is 0 Å². The van der Waals surface area contributed by atoms with E-state index < -0.39 is 0 Å². The number of aromatic nitrogens is 2. The summed E-state index contributed by atoms with van der Waals surface area (Å²) < 4.78 is 0. The van der Waals surface area contributed by atoms with Crippen LogP contribution in [0, 0.1) is 0 Å². The molecule has 1 heterocycles. The Bertz CT molecular complexity index is 338. The van der Waals surface area contributed by atoms with Gasteiger partial charge in [-0.05, 0) is 0 Å². The molecule has 0 spiro atoms. The Morgan fingerprint density at radius 3 is 2.62 bits per heavy atom. The van der Waals surface area contributed by atoms with Gasteiger partial charge in [0.1, 0.15) is 0 Å². The molecule has 0 aliphatic heterocycles. The van der Waals surface area contributed by atoms with Gasteiger partial charge >= 0.3 is 0 Å². The number of carbonyl (C=O) groups is 1. The Balaban J connectivity index is 2.52. The van der Waals surface area contributed by atoms with Gasteiger partial charge in [0.15, 0.2) is 0 Å². The van der Waals surface area contributed by atoms with Crippen LogP contribution in [0.2, 0.25) is 0 Å². The van der Waals surface area contributed by atoms with Gasteiger partial charge in [0, 0.05) is 51.6 Å². The number of carbonyl (C=O) groups excluding carboxylic acids is 1. The fourth-order valence-electron chi connectivity index (χ4n) is 1.14. The predicted octanol–water partition coefficient (Wildman–Crippen LogP) is -0.492. The summed E-state index contributed by atoms with van der Waals surface area (Å²) in [5.41, 5.74) is 6.34. The minimum absolute atomic E-state index is 0.00503. The van der Waals surface area contributed by atoms with Crippen molar-refractivity contribution in [3.63, 3.8) is 0 Å². The quantitative estimate of drug-likeness (QED) is 0.703. The minimum atomic E-state index is 0.00503. The van der Waals surface area contributed by atoms with Crippen molar-refractivity contribution in [2.75, 3.05) is 25.5 Å². The number of nitrogens with two attached hydrogens (primary N) is 1. The molecule has 0 atom stereocenters. The topological polar surface area (TPSA) is 84.1 Å². The van der Waals surface area contributed by atoms with E-state index >= 15 is 0 Å². The molecule has 16 heavy (non-hydrogen) atoms. The summed E-state index contributed by atoms with van der Waals surface area (Å²) in [7, 11) is 3.47. The molecule has 0 aliphatic carbocycles. The molecule has 0 unspecified atom stereocenters. The summed E-state index contributed by atoms with van der Waals surface area (Å²) in [5.74, 6) is 0.603. The lowest BCUT2D eigenvalue weighted by Gasteiger charge is -2.16. The number of hydrogen-bond acceptors (Lipinski definition) is 5. The van der Waals surface area contributed by atoms with E-state index in [1.54, 1.807) is 19.4 Å². The van der Waals surface area contributed by atoms with E-state index in [0.29, 0.717) is 25.5 Å². The number of amides is 1. The first kappa shape index (κ1) is 12.4. The highest BCUT2D eigenvalue weighted by atomic mass is 16.1. The highest BCUT2D eigenvalue weighted by molar-refractivity contribution is 5.76. The van der Waals surface area contributed by atoms with Crippen LogP contribution in [0.1, 0.15) is 12.0 Å². The summed E-state index contributed by atoms with van der Waals surface area (Å²) >= 11 is 0. The molecular formula is C10H17N5O. The average Bonchev–Trinajstić information content (AvgIpc) is 2.35. The molecular weight excluding hydrogens is 206 g/mol. The second-order valence-corrected chi connectivity index (χ2v) is 3.44. The SMILES string of the molecule is CNC(=O)CCN(C)c1ncc(CN)cn1. The van der Waals surface area contributed by atoms with Crippen LogP contribution in [0.15, 0.2) is 12.4 Å². The van der Waals surface area contributed by atoms with Crippen molar-refractivity contribution in [1.29, 1.82) is 0 Å². The van der Waals surface area contributed by atoms with E-state index in [-0.39, 0.29) is 5.91 Å². The van der Waals surface area contributed by atoms with Crippen molar-refractivity contribution in [3.05, 3.63) is 18.0 Å². The molecule has 88 valence electrons. The number of nitrogens with one attached hydrogen (secondary N) is 1. The van der Waals surface area contributed by atoms with Crippen LogP contribution in [0.5, 0.6) is 0 Å². The molecule has 0 radical (unpaired) electrons. The number of hydrogen-bond donors (Lipinski definition) is 2. The Labute approximate surface area is 94.9 Å². The first-order valence-electron chi connectivity index (χ1n) is 5.10. The van der Waals surface area contributed by atoms with Gasteiger partial charge in [-0.15, -0.1) is 0 Å². The van der Waals surface area contributed by atoms with E-state index in [9.17, 15) is 4.79 Å². The summed E-state index contributed by atoms with van der Waals surface area (Å²) in [4.78, 5) is 21.2. The maximum Gasteiger partial charge on any atom is 0.225 e. The van der Waals surface area contributed by atoms with Crippen molar-refractivity contribution in [2.45, 2.75) is 13.0 Å². The molecule has 1 aromatic heterocycles. The molecule has 0 saturated carbocycles. The van der Waals surface area contributed by atoms with E-state index in [4.69, 9.17) is 5.73 Å². The minimum Gasteiger partial charge on any atom is -0.359 e. The Kier molecular flexibility index (Phi) is 4.65. The molecule has 0 aromatic carbocycles. The third kappa shape index (κ3) is 3.47. The fourth-order valence-corrected chi connectivity index (χ4v) is 1.14. The van der Waals surface area contributed by atoms with Crippen molar-refractivity contribution in [1.82, 2.24) is 15.3 Å². The summed E-state index contributed by atoms with van der Waals surface area (Å²) in [5, 5.41) is 2.57. The van der Waals surface area contributed by atoms with E-state index in [1.807, 2.05) is 11.9 Å². The van der Waals surface area contributed by atoms with E-state index in [0.717, 1.165) is 5.56 Å². The Morgan fingerprint density at radius 1 is 1.50 bits per heavy atom. The summed E-state index contributed by atoms with van der Waals surface area (Å²) in [6.07, 6.45) is 3.81. The number of rotatable bonds is 5. The van der Waals surface area contributed by atoms with Crippen LogP contribution < -0.4 is 16.0 Å². The summed E-state index contributed by atoms with van der Waals surface area (Å²) in [6, 6.07) is 0. The van der Waals surface area contributed by atoms with Crippen molar-refractivity contribution in [3.8, 4) is 0 Å². The normalized spacial score (nSPS) is 9.94. The molecule has 3 N–H and O–H groups in total. The zero-order valence-electron chi connectivity index (χ0n) is 9.60. The highest BCUT2D eigenvalue weighted by Crippen LogP contribution is 2.04. The van der Waals surface area contributed by atoms with Gasteiger partial charge in [-0.2, -0.15) is 0 Å². The Morgan fingerprint density at radius 2 is 2.12 bits per heavy atom. The molecule has 1 rings (SSSR count). The summed E-state index contributed by atoms with van der Waals surface area (Å²) in [6.45, 7) is 1.02. The number of anilines is 1. The number of nitrogens with zero attached hydrogens (tertiary/aromatic N) is 3. The standard InChI is InChI=1S/C10H17N5O/c1-12-9(16)3-4-15(2)10-13-6-8(5-11)7-14-10/h6-7H,3-5,11H2,1-2H3,(H,12,16). The van der Waals surface area contributed by atoms with E-state index in [1.165, 1.54) is 0 Å². The van der Waals surface area contributed by atoms with Gasteiger partial charge in [0.2, 0.25) is 11.9 Å². The van der Waals surface area contributed by atoms with Crippen LogP contribution in [-0.2, 0) is 11.3 Å². The maximum absolute atomic E-state index is 11.1. The third-order valence-corrected chi connectivity index (χ3v) is 2.22. The van der Waals surface area contributed by atoms with Crippen LogP contribution in [0.3, 0.4) is 0 Å². The van der Waals surface area contributed by atoms with Gasteiger partial charge in [-0.3, -0.25) is 4.79 Å². The first-order valence-corrected chi connectivity index (χ1v) is 5.10. The van der Waals surface area contributed by atoms with Crippen LogP contribution in [-0.4, -0.2) is 36.5 Å². The lowest BCUT2D eigenvalue weighted by Crippen LogP contribution is -2.27. The zero-order valence-corrected chi connectivity index (χ0v) is 9.60. The predicted molar refractivity (Wildman–Crippen MR) is 61.9 cm³/mol. The van der Waals surface area contributed by atoms with Crippen molar-refractivity contribution >= 4 is 11.9 Å². The van der Waals surface area contributed by atoms with Gasteiger partial charge in [-0.1, -0.05) is 0 Å². The molecule has 1 amide bonds. The van der Waals surface area contributed by atoms with Crippen LogP contribution >= 0.6 is 0 Å². The van der Waals surface area contributed by atoms with Crippen molar-refractivity contribution in [2.24, 2.45) is 5.73 Å². The molecule has 0 fully saturated rings. The lowest BCUT2D eigenvalue weighted by molar-refractivity contribution is -0.120. The zero-order chi connectivity index (χ0) is 12.0. The molecule has 0 aliphatic rings. The fraction of sp³-hybridized carbons (Fsp3) is 0.500. The third-order valence-electron chi connectivity index (χ3n) is 2.22. The van der Waals surface area contributed by atoms with Crippen LogP contribution in [0.4, 0.5) is 5.95 Å². The lowest BCUT2D eigenvalue weighted by atomic mass is 10.3. The molecule has 6 nitrogen and oxygen atoms in total. The monoisotopic (exact) mass is 223 g/mol. The molecule has 0 saturated heterocycles. The first-order chi connectivity index (χ1) is 7.67. The molecule has 1 aromatic rings. The Hall–Kier alpha value is -1.69. The molecule has 0 bridgehead atoms. The van der Waals surface area contributed by atoms with Gasteiger partial charge in [-0.25, -0.2) is 9.97 Å². The van der Waals surface area contributed by atoms with Crippen molar-refractivity contribution < 1.29 is 4.79 Å².